The van der Waals surface area contributed by atoms with Crippen LogP contribution in [0.2, 0.25) is 0 Å². The molecular weight excluding hydrogens is 402 g/mol. The summed E-state index contributed by atoms with van der Waals surface area (Å²) in [6.45, 7) is 3.56. The molecule has 3 aromatic rings. The molecule has 30 heavy (non-hydrogen) atoms. The summed E-state index contributed by atoms with van der Waals surface area (Å²) >= 11 is 0. The molecule has 2 aromatic carbocycles. The molecule has 1 atom stereocenters. The molecule has 1 fully saturated rings. The Morgan fingerprint density at radius 1 is 1.17 bits per heavy atom. The third-order valence-electron chi connectivity index (χ3n) is 5.47. The lowest BCUT2D eigenvalue weighted by atomic mass is 9.98. The number of benzene rings is 2. The summed E-state index contributed by atoms with van der Waals surface area (Å²) in [4.78, 5) is 14.9. The molecule has 1 saturated heterocycles. The van der Waals surface area contributed by atoms with Crippen LogP contribution in [0.5, 0.6) is 0 Å². The van der Waals surface area contributed by atoms with Gasteiger partial charge >= 0.3 is 0 Å². The van der Waals surface area contributed by atoms with Crippen LogP contribution in [0.3, 0.4) is 0 Å². The lowest BCUT2D eigenvalue weighted by Gasteiger charge is -2.32. The molecule has 0 bridgehead atoms. The number of carbonyl (C=O) groups is 1. The fourth-order valence-corrected chi connectivity index (χ4v) is 4.86. The van der Waals surface area contributed by atoms with E-state index in [1.54, 1.807) is 33.8 Å². The minimum absolute atomic E-state index is 0.0308. The van der Waals surface area contributed by atoms with Gasteiger partial charge in [-0.3, -0.25) is 4.79 Å². The zero-order chi connectivity index (χ0) is 21.1. The van der Waals surface area contributed by atoms with Crippen molar-refractivity contribution in [2.45, 2.75) is 31.2 Å². The molecule has 0 radical (unpaired) electrons. The zero-order valence-electron chi connectivity index (χ0n) is 16.9. The second-order valence-electron chi connectivity index (χ2n) is 7.75. The number of hydrogen-bond donors (Lipinski definition) is 1. The lowest BCUT2D eigenvalue weighted by molar-refractivity contribution is -0.133. The average Bonchev–Trinajstić information content (AvgIpc) is 3.16. The zero-order valence-corrected chi connectivity index (χ0v) is 17.7. The molecule has 2 heterocycles. The Balaban J connectivity index is 1.36. The Labute approximate surface area is 175 Å². The van der Waals surface area contributed by atoms with Crippen molar-refractivity contribution in [1.29, 1.82) is 0 Å². The van der Waals surface area contributed by atoms with Crippen molar-refractivity contribution in [3.8, 4) is 0 Å². The van der Waals surface area contributed by atoms with E-state index in [9.17, 15) is 13.2 Å². The predicted molar refractivity (Wildman–Crippen MR) is 113 cm³/mol. The molecule has 0 saturated carbocycles. The SMILES string of the molecule is Cc1ccc(S(=O)(=O)NCC2CCCN(C(=O)Cn3nnc4ccccc43)C2)cc1. The second-order valence-corrected chi connectivity index (χ2v) is 9.52. The van der Waals surface area contributed by atoms with Gasteiger partial charge in [0.15, 0.2) is 0 Å². The summed E-state index contributed by atoms with van der Waals surface area (Å²) in [6, 6.07) is 14.3. The first kappa shape index (κ1) is 20.5. The van der Waals surface area contributed by atoms with Crippen molar-refractivity contribution in [2.24, 2.45) is 5.92 Å². The van der Waals surface area contributed by atoms with Crippen LogP contribution in [0.4, 0.5) is 0 Å². The number of sulfonamides is 1. The topological polar surface area (TPSA) is 97.2 Å². The van der Waals surface area contributed by atoms with Crippen LogP contribution in [0.15, 0.2) is 53.4 Å². The first-order valence-electron chi connectivity index (χ1n) is 10.0. The highest BCUT2D eigenvalue weighted by atomic mass is 32.2. The Bertz CT molecular complexity index is 1140. The minimum Gasteiger partial charge on any atom is -0.341 e. The van der Waals surface area contributed by atoms with Crippen molar-refractivity contribution in [1.82, 2.24) is 24.6 Å². The number of amides is 1. The highest BCUT2D eigenvalue weighted by Gasteiger charge is 2.26. The van der Waals surface area contributed by atoms with Gasteiger partial charge in [-0.25, -0.2) is 17.8 Å². The van der Waals surface area contributed by atoms with Crippen molar-refractivity contribution >= 4 is 27.0 Å². The summed E-state index contributed by atoms with van der Waals surface area (Å²) in [5.74, 6) is 0.0483. The lowest BCUT2D eigenvalue weighted by Crippen LogP contribution is -2.44. The predicted octanol–water partition coefficient (Wildman–Crippen LogP) is 1.96. The van der Waals surface area contributed by atoms with E-state index in [0.29, 0.717) is 19.6 Å². The molecule has 0 spiro atoms. The summed E-state index contributed by atoms with van der Waals surface area (Å²) in [7, 11) is -3.56. The van der Waals surface area contributed by atoms with Gasteiger partial charge < -0.3 is 4.90 Å². The molecule has 1 unspecified atom stereocenters. The molecule has 0 aliphatic carbocycles. The van der Waals surface area contributed by atoms with Crippen molar-refractivity contribution in [3.63, 3.8) is 0 Å². The van der Waals surface area contributed by atoms with Gasteiger partial charge in [0.05, 0.1) is 10.4 Å². The molecule has 1 amide bonds. The first-order chi connectivity index (χ1) is 14.4. The van der Waals surface area contributed by atoms with E-state index in [-0.39, 0.29) is 23.3 Å². The minimum atomic E-state index is -3.56. The normalized spacial score (nSPS) is 17.4. The molecule has 8 nitrogen and oxygen atoms in total. The van der Waals surface area contributed by atoms with E-state index in [4.69, 9.17) is 0 Å². The molecule has 1 aliphatic heterocycles. The fourth-order valence-electron chi connectivity index (χ4n) is 3.75. The number of nitrogens with zero attached hydrogens (tertiary/aromatic N) is 4. The van der Waals surface area contributed by atoms with Gasteiger partial charge in [0.25, 0.3) is 0 Å². The highest BCUT2D eigenvalue weighted by molar-refractivity contribution is 7.89. The van der Waals surface area contributed by atoms with Gasteiger partial charge in [-0.15, -0.1) is 5.10 Å². The van der Waals surface area contributed by atoms with Gasteiger partial charge in [-0.2, -0.15) is 0 Å². The molecule has 1 N–H and O–H groups in total. The smallest absolute Gasteiger partial charge is 0.244 e. The van der Waals surface area contributed by atoms with Gasteiger partial charge in [0.1, 0.15) is 12.1 Å². The van der Waals surface area contributed by atoms with Crippen LogP contribution in [0.1, 0.15) is 18.4 Å². The number of fused-ring (bicyclic) bond motifs is 1. The maximum atomic E-state index is 12.8. The summed E-state index contributed by atoms with van der Waals surface area (Å²) < 4.78 is 29.4. The number of likely N-dealkylation sites (tertiary alicyclic amines) is 1. The number of piperidine rings is 1. The van der Waals surface area contributed by atoms with Gasteiger partial charge in [-0.1, -0.05) is 35.0 Å². The standard InChI is InChI=1S/C21H25N5O3S/c1-16-8-10-18(11-9-16)30(28,29)22-13-17-5-4-12-25(14-17)21(27)15-26-20-7-3-2-6-19(20)23-24-26/h2-3,6-11,17,22H,4-5,12-15H2,1H3. The molecule has 1 aliphatic rings. The van der Waals surface area contributed by atoms with Crippen LogP contribution in [0.25, 0.3) is 11.0 Å². The third kappa shape index (κ3) is 4.52. The van der Waals surface area contributed by atoms with Crippen molar-refractivity contribution < 1.29 is 13.2 Å². The Hall–Kier alpha value is -2.78. The third-order valence-corrected chi connectivity index (χ3v) is 6.91. The van der Waals surface area contributed by atoms with Crippen LogP contribution in [-0.4, -0.2) is 53.9 Å². The van der Waals surface area contributed by atoms with E-state index in [1.165, 1.54) is 0 Å². The molecule has 4 rings (SSSR count). The van der Waals surface area contributed by atoms with E-state index in [1.807, 2.05) is 31.2 Å². The average molecular weight is 428 g/mol. The van der Waals surface area contributed by atoms with Crippen LogP contribution in [-0.2, 0) is 21.4 Å². The monoisotopic (exact) mass is 427 g/mol. The van der Waals surface area contributed by atoms with Crippen molar-refractivity contribution in [2.75, 3.05) is 19.6 Å². The molecule has 158 valence electrons. The highest BCUT2D eigenvalue weighted by Crippen LogP contribution is 2.18. The maximum absolute atomic E-state index is 12.8. The Kier molecular flexibility index (Phi) is 5.83. The summed E-state index contributed by atoms with van der Waals surface area (Å²) in [6.07, 6.45) is 1.73. The quantitative estimate of drug-likeness (QED) is 0.649. The van der Waals surface area contributed by atoms with Crippen LogP contribution >= 0.6 is 0 Å². The number of carbonyl (C=O) groups excluding carboxylic acids is 1. The number of nitrogens with one attached hydrogen (secondary N) is 1. The Morgan fingerprint density at radius 3 is 2.73 bits per heavy atom. The number of rotatable bonds is 6. The summed E-state index contributed by atoms with van der Waals surface area (Å²) in [5, 5.41) is 8.17. The number of hydrogen-bond acceptors (Lipinski definition) is 5. The second kappa shape index (κ2) is 8.53. The van der Waals surface area contributed by atoms with E-state index in [2.05, 4.69) is 15.0 Å². The molecular formula is C21H25N5O3S. The number of para-hydroxylation sites is 1. The van der Waals surface area contributed by atoms with E-state index in [0.717, 1.165) is 29.4 Å². The largest absolute Gasteiger partial charge is 0.341 e. The summed E-state index contributed by atoms with van der Waals surface area (Å²) in [5.41, 5.74) is 2.59. The van der Waals surface area contributed by atoms with Gasteiger partial charge in [0, 0.05) is 19.6 Å². The maximum Gasteiger partial charge on any atom is 0.244 e. The Morgan fingerprint density at radius 2 is 1.93 bits per heavy atom. The van der Waals surface area contributed by atoms with E-state index >= 15 is 0 Å². The van der Waals surface area contributed by atoms with Crippen LogP contribution in [0, 0.1) is 12.8 Å². The number of aryl methyl sites for hydroxylation is 1. The fraction of sp³-hybridized carbons (Fsp3) is 0.381. The van der Waals surface area contributed by atoms with Gasteiger partial charge in [0.2, 0.25) is 15.9 Å². The first-order valence-corrected chi connectivity index (χ1v) is 11.5. The molecule has 1 aromatic heterocycles. The number of aromatic nitrogens is 3. The van der Waals surface area contributed by atoms with Gasteiger partial charge in [-0.05, 0) is 49.9 Å². The van der Waals surface area contributed by atoms with Crippen molar-refractivity contribution in [3.05, 3.63) is 54.1 Å². The molecule has 9 heteroatoms. The van der Waals surface area contributed by atoms with E-state index < -0.39 is 10.0 Å². The van der Waals surface area contributed by atoms with Crippen LogP contribution < -0.4 is 4.72 Å².